The first-order valence-electron chi connectivity index (χ1n) is 12.6. The fourth-order valence-corrected chi connectivity index (χ4v) is 6.57. The van der Waals surface area contributed by atoms with Crippen LogP contribution in [0, 0.1) is 22.6 Å². The first kappa shape index (κ1) is 25.1. The van der Waals surface area contributed by atoms with Crippen LogP contribution in [0.2, 0.25) is 0 Å². The van der Waals surface area contributed by atoms with E-state index in [4.69, 9.17) is 4.98 Å². The Morgan fingerprint density at radius 2 is 2.10 bits per heavy atom. The topological polar surface area (TPSA) is 106 Å². The molecule has 0 saturated carbocycles. The first-order valence-corrected chi connectivity index (χ1v) is 13.5. The average Bonchev–Trinajstić information content (AvgIpc) is 3.59. The number of carbonyl (C=O) groups is 1. The van der Waals surface area contributed by atoms with E-state index >= 15 is 4.39 Å². The van der Waals surface area contributed by atoms with Crippen molar-refractivity contribution in [1.82, 2.24) is 19.9 Å². The molecule has 1 atom stereocenters. The largest absolute Gasteiger partial charge is 0.387 e. The van der Waals surface area contributed by atoms with Crippen LogP contribution in [0.3, 0.4) is 0 Å². The van der Waals surface area contributed by atoms with Crippen LogP contribution < -0.4 is 4.90 Å². The molecule has 1 unspecified atom stereocenters. The van der Waals surface area contributed by atoms with Crippen LogP contribution in [-0.4, -0.2) is 57.0 Å². The molecule has 39 heavy (non-hydrogen) atoms. The third-order valence-corrected chi connectivity index (χ3v) is 8.48. The fourth-order valence-electron chi connectivity index (χ4n) is 5.71. The standard InChI is InChI=1S/C29H25FN6O2S/c1-3-23(38)36-14-29(15-36)8-9-35(13-29)28-20(11-31)24(19-6-4-5-7-21(19)30)26-22(34-28)10-18(12-32-26)27-25(17(2)37)33-16-39-27/h3-7,10,12,16-17,37H,1,8-9,13-15H2,2H3. The first-order chi connectivity index (χ1) is 18.8. The summed E-state index contributed by atoms with van der Waals surface area (Å²) >= 11 is 1.39. The minimum Gasteiger partial charge on any atom is -0.387 e. The Hall–Kier alpha value is -4.20. The number of aromatic nitrogens is 3. The molecule has 0 aliphatic carbocycles. The van der Waals surface area contributed by atoms with Crippen molar-refractivity contribution in [2.24, 2.45) is 5.41 Å². The van der Waals surface area contributed by atoms with Gasteiger partial charge in [0.15, 0.2) is 0 Å². The molecule has 1 spiro atoms. The summed E-state index contributed by atoms with van der Waals surface area (Å²) in [6, 6.07) is 10.5. The Morgan fingerprint density at radius 3 is 2.82 bits per heavy atom. The molecule has 2 saturated heterocycles. The molecule has 2 aliphatic heterocycles. The van der Waals surface area contributed by atoms with E-state index in [1.165, 1.54) is 23.5 Å². The molecule has 6 rings (SSSR count). The number of hydrogen-bond acceptors (Lipinski definition) is 8. The Morgan fingerprint density at radius 1 is 1.31 bits per heavy atom. The molecule has 8 nitrogen and oxygen atoms in total. The number of nitriles is 1. The SMILES string of the molecule is C=CC(=O)N1CC2(CCN(c3nc4cc(-c5scnc5C(C)O)cnc4c(-c4ccccc4F)c3C#N)C2)C1. The fraction of sp³-hybridized carbons (Fsp3) is 0.276. The highest BCUT2D eigenvalue weighted by Gasteiger charge is 2.49. The molecular formula is C29H25FN6O2S. The van der Waals surface area contributed by atoms with Gasteiger partial charge in [-0.15, -0.1) is 11.3 Å². The molecule has 2 fully saturated rings. The van der Waals surface area contributed by atoms with Crippen LogP contribution in [-0.2, 0) is 4.79 Å². The minimum atomic E-state index is -0.754. The highest BCUT2D eigenvalue weighted by atomic mass is 32.1. The van der Waals surface area contributed by atoms with Crippen molar-refractivity contribution in [3.63, 3.8) is 0 Å². The molecule has 10 heteroatoms. The van der Waals surface area contributed by atoms with Gasteiger partial charge in [0.25, 0.3) is 0 Å². The van der Waals surface area contributed by atoms with Gasteiger partial charge in [0.1, 0.15) is 23.3 Å². The molecule has 1 aromatic carbocycles. The van der Waals surface area contributed by atoms with Gasteiger partial charge in [-0.2, -0.15) is 5.26 Å². The van der Waals surface area contributed by atoms with Crippen LogP contribution in [0.1, 0.15) is 30.7 Å². The predicted octanol–water partition coefficient (Wildman–Crippen LogP) is 4.71. The molecule has 2 aliphatic rings. The number of nitrogens with zero attached hydrogens (tertiary/aromatic N) is 6. The van der Waals surface area contributed by atoms with Crippen molar-refractivity contribution in [1.29, 1.82) is 5.26 Å². The Balaban J connectivity index is 1.50. The summed E-state index contributed by atoms with van der Waals surface area (Å²) in [6.45, 7) is 7.78. The number of anilines is 1. The number of likely N-dealkylation sites (tertiary alicyclic amines) is 1. The van der Waals surface area contributed by atoms with E-state index < -0.39 is 11.9 Å². The minimum absolute atomic E-state index is 0.0743. The Labute approximate surface area is 228 Å². The van der Waals surface area contributed by atoms with Crippen molar-refractivity contribution in [2.45, 2.75) is 19.4 Å². The van der Waals surface area contributed by atoms with Crippen molar-refractivity contribution >= 4 is 34.1 Å². The summed E-state index contributed by atoms with van der Waals surface area (Å²) in [4.78, 5) is 30.6. The lowest BCUT2D eigenvalue weighted by atomic mass is 9.79. The second-order valence-corrected chi connectivity index (χ2v) is 11.0. The van der Waals surface area contributed by atoms with E-state index in [1.54, 1.807) is 41.7 Å². The molecule has 0 bridgehead atoms. The van der Waals surface area contributed by atoms with Crippen LogP contribution >= 0.6 is 11.3 Å². The highest BCUT2D eigenvalue weighted by molar-refractivity contribution is 7.13. The van der Waals surface area contributed by atoms with E-state index in [2.05, 4.69) is 27.5 Å². The summed E-state index contributed by atoms with van der Waals surface area (Å²) in [6.07, 6.45) is 3.08. The summed E-state index contributed by atoms with van der Waals surface area (Å²) < 4.78 is 15.2. The lowest BCUT2D eigenvalue weighted by Crippen LogP contribution is -2.59. The van der Waals surface area contributed by atoms with E-state index in [0.717, 1.165) is 16.9 Å². The van der Waals surface area contributed by atoms with Crippen molar-refractivity contribution < 1.29 is 14.3 Å². The smallest absolute Gasteiger partial charge is 0.245 e. The molecule has 4 aromatic rings. The second kappa shape index (κ2) is 9.52. The van der Waals surface area contributed by atoms with Gasteiger partial charge in [-0.25, -0.2) is 14.4 Å². The zero-order valence-electron chi connectivity index (χ0n) is 21.3. The van der Waals surface area contributed by atoms with Crippen molar-refractivity contribution in [3.05, 3.63) is 71.8 Å². The van der Waals surface area contributed by atoms with Gasteiger partial charge in [-0.1, -0.05) is 24.8 Å². The summed E-state index contributed by atoms with van der Waals surface area (Å²) in [5, 5.41) is 20.5. The van der Waals surface area contributed by atoms with E-state index in [1.807, 2.05) is 6.07 Å². The zero-order valence-corrected chi connectivity index (χ0v) is 22.1. The molecular weight excluding hydrogens is 515 g/mol. The normalized spacial score (nSPS) is 16.8. The quantitative estimate of drug-likeness (QED) is 0.366. The number of fused-ring (bicyclic) bond motifs is 1. The number of rotatable bonds is 5. The number of amides is 1. The molecule has 196 valence electrons. The number of aliphatic hydroxyl groups is 1. The van der Waals surface area contributed by atoms with Gasteiger partial charge >= 0.3 is 0 Å². The average molecular weight is 541 g/mol. The second-order valence-electron chi connectivity index (χ2n) is 10.2. The summed E-state index contributed by atoms with van der Waals surface area (Å²) in [5.41, 5.74) is 4.78. The van der Waals surface area contributed by atoms with Crippen LogP contribution in [0.25, 0.3) is 32.6 Å². The third kappa shape index (κ3) is 4.15. The lowest BCUT2D eigenvalue weighted by Gasteiger charge is -2.47. The number of pyridine rings is 2. The number of benzene rings is 1. The number of carbonyl (C=O) groups excluding carboxylic acids is 1. The summed E-state index contributed by atoms with van der Waals surface area (Å²) in [5.74, 6) is -0.0547. The van der Waals surface area contributed by atoms with Crippen molar-refractivity contribution in [2.75, 3.05) is 31.1 Å². The maximum Gasteiger partial charge on any atom is 0.245 e. The lowest BCUT2D eigenvalue weighted by molar-refractivity contribution is -0.136. The zero-order chi connectivity index (χ0) is 27.3. The number of hydrogen-bond donors (Lipinski definition) is 1. The van der Waals surface area contributed by atoms with E-state index in [0.29, 0.717) is 54.3 Å². The molecule has 5 heterocycles. The summed E-state index contributed by atoms with van der Waals surface area (Å²) in [7, 11) is 0. The maximum absolute atomic E-state index is 15.2. The molecule has 1 N–H and O–H groups in total. The van der Waals surface area contributed by atoms with Gasteiger partial charge in [-0.05, 0) is 31.6 Å². The maximum atomic E-state index is 15.2. The molecule has 0 radical (unpaired) electrons. The number of halogens is 1. The predicted molar refractivity (Wildman–Crippen MR) is 147 cm³/mol. The monoisotopic (exact) mass is 540 g/mol. The van der Waals surface area contributed by atoms with Crippen LogP contribution in [0.15, 0.2) is 54.7 Å². The van der Waals surface area contributed by atoms with Gasteiger partial charge in [0.05, 0.1) is 33.2 Å². The van der Waals surface area contributed by atoms with Crippen LogP contribution in [0.4, 0.5) is 10.2 Å². The third-order valence-electron chi connectivity index (χ3n) is 7.59. The van der Waals surface area contributed by atoms with Gasteiger partial charge in [0, 0.05) is 54.5 Å². The Kier molecular flexibility index (Phi) is 6.13. The highest BCUT2D eigenvalue weighted by Crippen LogP contribution is 2.44. The number of aliphatic hydroxyl groups excluding tert-OH is 1. The van der Waals surface area contributed by atoms with E-state index in [-0.39, 0.29) is 22.4 Å². The van der Waals surface area contributed by atoms with Gasteiger partial charge in [0.2, 0.25) is 5.91 Å². The van der Waals surface area contributed by atoms with Gasteiger partial charge in [-0.3, -0.25) is 9.78 Å². The van der Waals surface area contributed by atoms with Gasteiger partial charge < -0.3 is 14.9 Å². The van der Waals surface area contributed by atoms with E-state index in [9.17, 15) is 15.2 Å². The van der Waals surface area contributed by atoms with Crippen LogP contribution in [0.5, 0.6) is 0 Å². The Bertz CT molecular complexity index is 1670. The molecule has 1 amide bonds. The molecule has 3 aromatic heterocycles. The van der Waals surface area contributed by atoms with Crippen molar-refractivity contribution in [3.8, 4) is 27.6 Å². The number of thiazole rings is 1.